The van der Waals surface area contributed by atoms with Crippen LogP contribution in [-0.4, -0.2) is 34.5 Å². The highest BCUT2D eigenvalue weighted by molar-refractivity contribution is 5.96. The second-order valence-corrected chi connectivity index (χ2v) is 7.09. The van der Waals surface area contributed by atoms with Gasteiger partial charge in [0.2, 0.25) is 0 Å². The largest absolute Gasteiger partial charge is 0.444 e. The summed E-state index contributed by atoms with van der Waals surface area (Å²) in [5.41, 5.74) is 0.154. The van der Waals surface area contributed by atoms with Crippen LogP contribution < -0.4 is 0 Å². The molecule has 2 rings (SSSR count). The number of nitrogens with zero attached hydrogens (tertiary/aromatic N) is 1. The smallest absolute Gasteiger partial charge is 0.410 e. The van der Waals surface area contributed by atoms with Gasteiger partial charge >= 0.3 is 6.09 Å². The van der Waals surface area contributed by atoms with E-state index in [9.17, 15) is 9.59 Å². The summed E-state index contributed by atoms with van der Waals surface area (Å²) in [6, 6.07) is 0.300. The number of piperidine rings is 1. The minimum atomic E-state index is -0.471. The van der Waals surface area contributed by atoms with E-state index in [4.69, 9.17) is 4.74 Å². The number of rotatable bonds is 2. The first-order valence-corrected chi connectivity index (χ1v) is 7.40. The van der Waals surface area contributed by atoms with Crippen molar-refractivity contribution in [2.24, 2.45) is 5.92 Å². The Hall–Kier alpha value is -1.32. The number of ether oxygens (including phenoxy) is 1. The fourth-order valence-electron chi connectivity index (χ4n) is 3.35. The van der Waals surface area contributed by atoms with Gasteiger partial charge in [0.15, 0.2) is 5.78 Å². The van der Waals surface area contributed by atoms with Crippen LogP contribution in [0.5, 0.6) is 0 Å². The Morgan fingerprint density at radius 2 is 1.65 bits per heavy atom. The SMILES string of the molecule is C=C(C)C(=O)C1CC2CCC(C1)N2C(=O)OC(C)(C)C. The van der Waals surface area contributed by atoms with Crippen molar-refractivity contribution in [2.75, 3.05) is 0 Å². The molecular weight excluding hydrogens is 254 g/mol. The number of carbonyl (C=O) groups excluding carboxylic acids is 2. The molecule has 0 aromatic heterocycles. The van der Waals surface area contributed by atoms with E-state index in [2.05, 4.69) is 6.58 Å². The molecule has 2 heterocycles. The number of carbonyl (C=O) groups is 2. The molecule has 20 heavy (non-hydrogen) atoms. The zero-order valence-electron chi connectivity index (χ0n) is 12.9. The third-order valence-electron chi connectivity index (χ3n) is 4.13. The first-order valence-electron chi connectivity index (χ1n) is 7.40. The Bertz CT molecular complexity index is 421. The highest BCUT2D eigenvalue weighted by Crippen LogP contribution is 2.40. The van der Waals surface area contributed by atoms with Crippen LogP contribution in [0.2, 0.25) is 0 Å². The van der Waals surface area contributed by atoms with Gasteiger partial charge in [-0.25, -0.2) is 4.79 Å². The number of amides is 1. The van der Waals surface area contributed by atoms with Gasteiger partial charge in [0.1, 0.15) is 5.60 Å². The summed E-state index contributed by atoms with van der Waals surface area (Å²) in [5.74, 6) is 0.189. The van der Waals surface area contributed by atoms with Crippen molar-refractivity contribution < 1.29 is 14.3 Å². The molecular formula is C16H25NO3. The predicted octanol–water partition coefficient (Wildman–Crippen LogP) is 3.31. The summed E-state index contributed by atoms with van der Waals surface area (Å²) >= 11 is 0. The van der Waals surface area contributed by atoms with E-state index >= 15 is 0 Å². The Morgan fingerprint density at radius 1 is 1.15 bits per heavy atom. The van der Waals surface area contributed by atoms with E-state index in [1.165, 1.54) is 0 Å². The van der Waals surface area contributed by atoms with Crippen LogP contribution in [0, 0.1) is 5.92 Å². The number of fused-ring (bicyclic) bond motifs is 2. The third kappa shape index (κ3) is 3.05. The summed E-state index contributed by atoms with van der Waals surface area (Å²) in [6.07, 6.45) is 3.22. The Balaban J connectivity index is 2.05. The maximum atomic E-state index is 12.3. The zero-order valence-corrected chi connectivity index (χ0v) is 12.9. The van der Waals surface area contributed by atoms with E-state index in [0.717, 1.165) is 25.7 Å². The minimum Gasteiger partial charge on any atom is -0.444 e. The van der Waals surface area contributed by atoms with E-state index in [1.807, 2.05) is 25.7 Å². The van der Waals surface area contributed by atoms with Gasteiger partial charge in [-0.3, -0.25) is 4.79 Å². The van der Waals surface area contributed by atoms with Gasteiger partial charge in [0.05, 0.1) is 0 Å². The molecule has 112 valence electrons. The number of hydrogen-bond donors (Lipinski definition) is 0. The number of ketones is 1. The van der Waals surface area contributed by atoms with Crippen LogP contribution in [-0.2, 0) is 9.53 Å². The Labute approximate surface area is 121 Å². The molecule has 0 spiro atoms. The Kier molecular flexibility index (Phi) is 3.94. The maximum absolute atomic E-state index is 12.3. The van der Waals surface area contributed by atoms with Gasteiger partial charge in [-0.15, -0.1) is 0 Å². The lowest BCUT2D eigenvalue weighted by Crippen LogP contribution is -2.49. The molecule has 4 heteroatoms. The van der Waals surface area contributed by atoms with Crippen molar-refractivity contribution in [2.45, 2.75) is 71.1 Å². The molecule has 0 aromatic carbocycles. The fraction of sp³-hybridized carbons (Fsp3) is 0.750. The van der Waals surface area contributed by atoms with Crippen LogP contribution in [0.4, 0.5) is 4.79 Å². The van der Waals surface area contributed by atoms with E-state index in [0.29, 0.717) is 5.57 Å². The van der Waals surface area contributed by atoms with Crippen molar-refractivity contribution >= 4 is 11.9 Å². The van der Waals surface area contributed by atoms with Gasteiger partial charge in [0, 0.05) is 18.0 Å². The first kappa shape index (κ1) is 15.1. The molecule has 2 atom stereocenters. The average Bonchev–Trinajstić information content (AvgIpc) is 2.57. The summed E-state index contributed by atoms with van der Waals surface area (Å²) in [7, 11) is 0. The summed E-state index contributed by atoms with van der Waals surface area (Å²) < 4.78 is 5.49. The standard InChI is InChI=1S/C16H25NO3/c1-10(2)14(18)11-8-12-6-7-13(9-11)17(12)15(19)20-16(3,4)5/h11-13H,1,6-9H2,2-5H3. The summed E-state index contributed by atoms with van der Waals surface area (Å²) in [6.45, 7) is 11.2. The second kappa shape index (κ2) is 5.23. The summed E-state index contributed by atoms with van der Waals surface area (Å²) in [4.78, 5) is 26.2. The van der Waals surface area contributed by atoms with Crippen LogP contribution in [0.25, 0.3) is 0 Å². The topological polar surface area (TPSA) is 46.6 Å². The van der Waals surface area contributed by atoms with Crippen molar-refractivity contribution in [1.29, 1.82) is 0 Å². The van der Waals surface area contributed by atoms with E-state index in [1.54, 1.807) is 6.92 Å². The fourth-order valence-corrected chi connectivity index (χ4v) is 3.35. The molecule has 2 bridgehead atoms. The zero-order chi connectivity index (χ0) is 15.1. The van der Waals surface area contributed by atoms with Crippen LogP contribution in [0.1, 0.15) is 53.4 Å². The van der Waals surface area contributed by atoms with Crippen LogP contribution in [0.15, 0.2) is 12.2 Å². The molecule has 4 nitrogen and oxygen atoms in total. The van der Waals surface area contributed by atoms with Gasteiger partial charge in [0.25, 0.3) is 0 Å². The molecule has 0 aromatic rings. The highest BCUT2D eigenvalue weighted by atomic mass is 16.6. The molecule has 1 amide bonds. The lowest BCUT2D eigenvalue weighted by atomic mass is 9.85. The maximum Gasteiger partial charge on any atom is 0.410 e. The van der Waals surface area contributed by atoms with Crippen LogP contribution >= 0.6 is 0 Å². The molecule has 2 fully saturated rings. The molecule has 0 saturated carbocycles. The molecule has 2 unspecified atom stereocenters. The van der Waals surface area contributed by atoms with Gasteiger partial charge in [-0.05, 0) is 59.0 Å². The number of hydrogen-bond acceptors (Lipinski definition) is 3. The molecule has 0 N–H and O–H groups in total. The third-order valence-corrected chi connectivity index (χ3v) is 4.13. The molecule has 2 aliphatic heterocycles. The molecule has 2 aliphatic rings. The van der Waals surface area contributed by atoms with Crippen molar-refractivity contribution in [3.63, 3.8) is 0 Å². The first-order chi connectivity index (χ1) is 9.19. The van der Waals surface area contributed by atoms with Crippen molar-refractivity contribution in [3.05, 3.63) is 12.2 Å². The number of allylic oxidation sites excluding steroid dienone is 1. The lowest BCUT2D eigenvalue weighted by Gasteiger charge is -2.39. The monoisotopic (exact) mass is 279 g/mol. The van der Waals surface area contributed by atoms with Gasteiger partial charge < -0.3 is 9.64 Å². The quantitative estimate of drug-likeness (QED) is 0.729. The molecule has 2 saturated heterocycles. The second-order valence-electron chi connectivity index (χ2n) is 7.09. The van der Waals surface area contributed by atoms with Crippen molar-refractivity contribution in [1.82, 2.24) is 4.90 Å². The minimum absolute atomic E-state index is 0.0312. The van der Waals surface area contributed by atoms with Gasteiger partial charge in [-0.1, -0.05) is 6.58 Å². The lowest BCUT2D eigenvalue weighted by molar-refractivity contribution is -0.121. The predicted molar refractivity (Wildman–Crippen MR) is 77.4 cm³/mol. The summed E-state index contributed by atoms with van der Waals surface area (Å²) in [5, 5.41) is 0. The van der Waals surface area contributed by atoms with Crippen molar-refractivity contribution in [3.8, 4) is 0 Å². The average molecular weight is 279 g/mol. The van der Waals surface area contributed by atoms with E-state index in [-0.39, 0.29) is 29.9 Å². The Morgan fingerprint density at radius 3 is 2.05 bits per heavy atom. The van der Waals surface area contributed by atoms with Gasteiger partial charge in [-0.2, -0.15) is 0 Å². The van der Waals surface area contributed by atoms with E-state index < -0.39 is 5.60 Å². The normalized spacial score (nSPS) is 29.2. The molecule has 0 aliphatic carbocycles. The van der Waals surface area contributed by atoms with Crippen LogP contribution in [0.3, 0.4) is 0 Å². The number of Topliss-reactive ketones (excluding diaryl/α,β-unsaturated/α-hetero) is 1. The molecule has 0 radical (unpaired) electrons. The highest BCUT2D eigenvalue weighted by Gasteiger charge is 2.46.